The van der Waals surface area contributed by atoms with Gasteiger partial charge in [-0.2, -0.15) is 0 Å². The Labute approximate surface area is 180 Å². The van der Waals surface area contributed by atoms with Gasteiger partial charge in [-0.3, -0.25) is 0 Å². The van der Waals surface area contributed by atoms with E-state index in [0.717, 1.165) is 28.2 Å². The molecule has 0 saturated heterocycles. The summed E-state index contributed by atoms with van der Waals surface area (Å²) in [5.74, 6) is 2.30. The maximum atomic E-state index is 10.7. The molecule has 0 unspecified atom stereocenters. The summed E-state index contributed by atoms with van der Waals surface area (Å²) in [5, 5.41) is 11.4. The van der Waals surface area contributed by atoms with E-state index < -0.39 is 6.10 Å². The highest BCUT2D eigenvalue weighted by molar-refractivity contribution is 6.31. The number of hydrogen-bond acceptors (Lipinski definition) is 4. The Kier molecular flexibility index (Phi) is 6.21. The van der Waals surface area contributed by atoms with Gasteiger partial charge in [0, 0.05) is 11.4 Å². The van der Waals surface area contributed by atoms with Gasteiger partial charge in [-0.25, -0.2) is 4.98 Å². The monoisotopic (exact) mass is 422 g/mol. The number of hydrogen-bond donors (Lipinski definition) is 1. The average Bonchev–Trinajstić information content (AvgIpc) is 3.11. The lowest BCUT2D eigenvalue weighted by Crippen LogP contribution is -2.24. The minimum Gasteiger partial charge on any atom is -0.497 e. The molecule has 0 amide bonds. The summed E-state index contributed by atoms with van der Waals surface area (Å²) >= 11 is 6.35. The summed E-state index contributed by atoms with van der Waals surface area (Å²) in [4.78, 5) is 4.78. The number of fused-ring (bicyclic) bond motifs is 1. The molecule has 4 aromatic rings. The van der Waals surface area contributed by atoms with Crippen molar-refractivity contribution >= 4 is 22.6 Å². The maximum absolute atomic E-state index is 10.7. The van der Waals surface area contributed by atoms with Crippen LogP contribution in [0.25, 0.3) is 11.0 Å². The number of benzene rings is 3. The lowest BCUT2D eigenvalue weighted by molar-refractivity contribution is 0.0928. The van der Waals surface area contributed by atoms with Gasteiger partial charge >= 0.3 is 0 Å². The molecule has 0 spiro atoms. The van der Waals surface area contributed by atoms with Crippen LogP contribution in [0.15, 0.2) is 72.8 Å². The summed E-state index contributed by atoms with van der Waals surface area (Å²) in [7, 11) is 1.62. The van der Waals surface area contributed by atoms with Crippen LogP contribution in [0.1, 0.15) is 11.4 Å². The van der Waals surface area contributed by atoms with Gasteiger partial charge in [-0.15, -0.1) is 0 Å². The second kappa shape index (κ2) is 9.20. The van der Waals surface area contributed by atoms with Crippen molar-refractivity contribution in [2.45, 2.75) is 19.1 Å². The van der Waals surface area contributed by atoms with Crippen molar-refractivity contribution in [2.75, 3.05) is 13.7 Å². The van der Waals surface area contributed by atoms with Crippen molar-refractivity contribution in [1.29, 1.82) is 0 Å². The van der Waals surface area contributed by atoms with Gasteiger partial charge in [0.15, 0.2) is 0 Å². The third-order valence-electron chi connectivity index (χ3n) is 4.94. The Morgan fingerprint density at radius 2 is 1.67 bits per heavy atom. The fourth-order valence-electron chi connectivity index (χ4n) is 3.40. The Hall–Kier alpha value is -3.02. The highest BCUT2D eigenvalue weighted by atomic mass is 35.5. The third-order valence-corrected chi connectivity index (χ3v) is 5.30. The van der Waals surface area contributed by atoms with E-state index in [9.17, 15) is 5.11 Å². The zero-order valence-corrected chi connectivity index (χ0v) is 17.4. The number of methoxy groups -OCH3 is 1. The van der Waals surface area contributed by atoms with Crippen molar-refractivity contribution in [3.63, 3.8) is 0 Å². The highest BCUT2D eigenvalue weighted by Gasteiger charge is 2.16. The van der Waals surface area contributed by atoms with Crippen molar-refractivity contribution in [3.05, 3.63) is 89.2 Å². The van der Waals surface area contributed by atoms with Crippen LogP contribution in [0.4, 0.5) is 0 Å². The molecule has 30 heavy (non-hydrogen) atoms. The Morgan fingerprint density at radius 1 is 0.967 bits per heavy atom. The fraction of sp³-hybridized carbons (Fsp3) is 0.208. The summed E-state index contributed by atoms with van der Waals surface area (Å²) in [6, 6.07) is 23.0. The van der Waals surface area contributed by atoms with Gasteiger partial charge in [0.2, 0.25) is 0 Å². The van der Waals surface area contributed by atoms with E-state index >= 15 is 0 Å². The smallest absolute Gasteiger partial charge is 0.119 e. The van der Waals surface area contributed by atoms with E-state index in [2.05, 4.69) is 0 Å². The number of aromatic nitrogens is 2. The molecule has 0 aliphatic heterocycles. The van der Waals surface area contributed by atoms with E-state index in [4.69, 9.17) is 26.1 Å². The van der Waals surface area contributed by atoms with E-state index in [1.54, 1.807) is 7.11 Å². The third kappa shape index (κ3) is 4.58. The molecule has 6 heteroatoms. The predicted octanol–water partition coefficient (Wildman–Crippen LogP) is 4.73. The first-order valence-corrected chi connectivity index (χ1v) is 10.1. The Balaban J connectivity index is 1.52. The molecule has 0 saturated carbocycles. The molecule has 0 aliphatic carbocycles. The summed E-state index contributed by atoms with van der Waals surface area (Å²) < 4.78 is 12.9. The van der Waals surface area contributed by atoms with Gasteiger partial charge in [0.05, 0.1) is 24.7 Å². The van der Waals surface area contributed by atoms with Crippen LogP contribution in [0.5, 0.6) is 11.5 Å². The van der Waals surface area contributed by atoms with Gasteiger partial charge in [-0.05, 0) is 48.0 Å². The molecule has 1 heterocycles. The predicted molar refractivity (Wildman–Crippen MR) is 118 cm³/mol. The molecular formula is C24H23ClN2O3. The van der Waals surface area contributed by atoms with Crippen molar-refractivity contribution in [3.8, 4) is 11.5 Å². The molecule has 1 N–H and O–H groups in total. The number of halogens is 1. The minimum absolute atomic E-state index is 0.171. The summed E-state index contributed by atoms with van der Waals surface area (Å²) in [6.45, 7) is 0.542. The molecule has 4 rings (SSSR count). The van der Waals surface area contributed by atoms with Crippen molar-refractivity contribution < 1.29 is 14.6 Å². The quantitative estimate of drug-likeness (QED) is 0.446. The molecule has 0 radical (unpaired) electrons. The van der Waals surface area contributed by atoms with Crippen molar-refractivity contribution in [2.24, 2.45) is 0 Å². The highest BCUT2D eigenvalue weighted by Crippen LogP contribution is 2.23. The van der Waals surface area contributed by atoms with Gasteiger partial charge in [-0.1, -0.05) is 41.9 Å². The molecule has 5 nitrogen and oxygen atoms in total. The maximum Gasteiger partial charge on any atom is 0.119 e. The van der Waals surface area contributed by atoms with E-state index in [1.807, 2.05) is 77.4 Å². The van der Waals surface area contributed by atoms with Crippen molar-refractivity contribution in [1.82, 2.24) is 9.55 Å². The lowest BCUT2D eigenvalue weighted by atomic mass is 10.1. The summed E-state index contributed by atoms with van der Waals surface area (Å²) in [6.07, 6.45) is -0.116. The van der Waals surface area contributed by atoms with E-state index in [1.165, 1.54) is 0 Å². The molecule has 0 fully saturated rings. The lowest BCUT2D eigenvalue weighted by Gasteiger charge is -2.16. The first kappa shape index (κ1) is 20.3. The minimum atomic E-state index is -0.699. The van der Waals surface area contributed by atoms with Crippen LogP contribution in [0.3, 0.4) is 0 Å². The number of nitrogens with zero attached hydrogens (tertiary/aromatic N) is 2. The van der Waals surface area contributed by atoms with Crippen LogP contribution in [0, 0.1) is 0 Å². The van der Waals surface area contributed by atoms with Gasteiger partial charge in [0.1, 0.15) is 30.0 Å². The molecule has 1 aromatic heterocycles. The first-order valence-electron chi connectivity index (χ1n) is 9.76. The second-order valence-corrected chi connectivity index (χ2v) is 7.44. The van der Waals surface area contributed by atoms with Gasteiger partial charge < -0.3 is 19.1 Å². The zero-order valence-electron chi connectivity index (χ0n) is 16.7. The molecule has 0 bridgehead atoms. The Bertz CT molecular complexity index is 1120. The Morgan fingerprint density at radius 3 is 2.43 bits per heavy atom. The van der Waals surface area contributed by atoms with Gasteiger partial charge in [0.25, 0.3) is 0 Å². The zero-order chi connectivity index (χ0) is 20.9. The van der Waals surface area contributed by atoms with Crippen LogP contribution in [-0.4, -0.2) is 34.5 Å². The number of para-hydroxylation sites is 2. The van der Waals surface area contributed by atoms with E-state index in [0.29, 0.717) is 23.7 Å². The van der Waals surface area contributed by atoms with Crippen LogP contribution < -0.4 is 9.47 Å². The van der Waals surface area contributed by atoms with Crippen LogP contribution in [0.2, 0.25) is 5.02 Å². The number of aliphatic hydroxyl groups excluding tert-OH is 1. The number of ether oxygens (including phenoxy) is 2. The topological polar surface area (TPSA) is 56.5 Å². The molecule has 3 aromatic carbocycles. The normalized spacial score (nSPS) is 12.1. The molecule has 154 valence electrons. The first-order chi connectivity index (χ1) is 14.6. The fourth-order valence-corrected chi connectivity index (χ4v) is 3.61. The largest absolute Gasteiger partial charge is 0.497 e. The summed E-state index contributed by atoms with van der Waals surface area (Å²) in [5.41, 5.74) is 2.87. The molecular weight excluding hydrogens is 400 g/mol. The van der Waals surface area contributed by atoms with E-state index in [-0.39, 0.29) is 6.61 Å². The average molecular weight is 423 g/mol. The standard InChI is InChI=1S/C24H23ClN2O3/c1-29-19-10-12-20(13-11-19)30-16-18(28)15-27-23-9-5-4-8-22(23)26-24(27)14-17-6-2-3-7-21(17)25/h2-13,18,28H,14-16H2,1H3/t18-/m1/s1. The SMILES string of the molecule is COc1ccc(OC[C@H](O)Cn2c(Cc3ccccc3Cl)nc3ccccc32)cc1. The number of imidazole rings is 1. The second-order valence-electron chi connectivity index (χ2n) is 7.04. The van der Waals surface area contributed by atoms with Crippen LogP contribution in [-0.2, 0) is 13.0 Å². The number of aliphatic hydroxyl groups is 1. The van der Waals surface area contributed by atoms with Crippen LogP contribution >= 0.6 is 11.6 Å². The molecule has 0 aliphatic rings. The number of rotatable bonds is 8. The molecule has 1 atom stereocenters.